The molecule has 0 aromatic carbocycles. The number of hydrogen-bond acceptors (Lipinski definition) is 4. The summed E-state index contributed by atoms with van der Waals surface area (Å²) >= 11 is 0. The summed E-state index contributed by atoms with van der Waals surface area (Å²) in [7, 11) is 0. The molecule has 1 amide bonds. The van der Waals surface area contributed by atoms with Gasteiger partial charge in [0.1, 0.15) is 0 Å². The fourth-order valence-electron chi connectivity index (χ4n) is 4.67. The lowest BCUT2D eigenvalue weighted by molar-refractivity contribution is -0.327. The molecule has 0 radical (unpaired) electrons. The summed E-state index contributed by atoms with van der Waals surface area (Å²) in [4.78, 5) is 12.1. The molecule has 0 aromatic rings. The third-order valence-electron chi connectivity index (χ3n) is 4.80. The zero-order chi connectivity index (χ0) is 12.3. The highest BCUT2D eigenvalue weighted by atomic mass is 16.7. The van der Waals surface area contributed by atoms with Crippen LogP contribution in [0.2, 0.25) is 0 Å². The van der Waals surface area contributed by atoms with E-state index in [0.29, 0.717) is 17.8 Å². The van der Waals surface area contributed by atoms with E-state index in [1.54, 1.807) is 0 Å². The number of aliphatic hydroxyl groups is 3. The highest BCUT2D eigenvalue weighted by Crippen LogP contribution is 2.60. The van der Waals surface area contributed by atoms with Gasteiger partial charge in [-0.15, -0.1) is 0 Å². The molecule has 4 rings (SSSR count). The zero-order valence-electron chi connectivity index (χ0n) is 9.72. The molecule has 5 nitrogen and oxygen atoms in total. The third-order valence-corrected chi connectivity index (χ3v) is 4.80. The highest BCUT2D eigenvalue weighted by Gasteiger charge is 2.55. The molecule has 4 fully saturated rings. The van der Waals surface area contributed by atoms with Gasteiger partial charge in [-0.25, -0.2) is 0 Å². The van der Waals surface area contributed by atoms with Crippen LogP contribution in [0.3, 0.4) is 0 Å². The maximum atomic E-state index is 12.1. The minimum absolute atomic E-state index is 0.399. The van der Waals surface area contributed by atoms with Gasteiger partial charge in [-0.3, -0.25) is 10.1 Å². The van der Waals surface area contributed by atoms with Crippen molar-refractivity contribution in [1.29, 1.82) is 0 Å². The maximum Gasteiger partial charge on any atom is 0.369 e. The van der Waals surface area contributed by atoms with E-state index in [2.05, 4.69) is 0 Å². The molecule has 4 aliphatic carbocycles. The molecule has 0 saturated heterocycles. The first-order valence-corrected chi connectivity index (χ1v) is 6.36. The summed E-state index contributed by atoms with van der Waals surface area (Å²) in [5, 5.41) is 28.5. The van der Waals surface area contributed by atoms with E-state index < -0.39 is 17.4 Å². The molecule has 0 aliphatic heterocycles. The van der Waals surface area contributed by atoms with Crippen LogP contribution in [0.1, 0.15) is 38.5 Å². The van der Waals surface area contributed by atoms with E-state index in [1.165, 1.54) is 19.3 Å². The van der Waals surface area contributed by atoms with Crippen molar-refractivity contribution in [2.45, 2.75) is 44.6 Å². The second kappa shape index (κ2) is 3.43. The van der Waals surface area contributed by atoms with Gasteiger partial charge in [0.2, 0.25) is 5.91 Å². The van der Waals surface area contributed by atoms with Gasteiger partial charge in [-0.2, -0.15) is 0 Å². The Morgan fingerprint density at radius 2 is 1.41 bits per heavy atom. The van der Waals surface area contributed by atoms with Crippen LogP contribution in [-0.4, -0.2) is 27.3 Å². The summed E-state index contributed by atoms with van der Waals surface area (Å²) in [5.41, 5.74) is -0.464. The van der Waals surface area contributed by atoms with Crippen molar-refractivity contribution in [3.05, 3.63) is 0 Å². The Bertz CT molecular complexity index is 312. The van der Waals surface area contributed by atoms with E-state index in [1.807, 2.05) is 5.32 Å². The Kier molecular flexibility index (Phi) is 2.31. The lowest BCUT2D eigenvalue weighted by atomic mass is 9.49. The smallest absolute Gasteiger partial charge is 0.325 e. The Balaban J connectivity index is 1.80. The monoisotopic (exact) mass is 241 g/mol. The molecule has 0 aromatic heterocycles. The number of nitrogens with one attached hydrogen (secondary N) is 1. The molecule has 0 heterocycles. The molecule has 4 saturated carbocycles. The quantitative estimate of drug-likeness (QED) is 0.508. The van der Waals surface area contributed by atoms with Crippen LogP contribution >= 0.6 is 0 Å². The summed E-state index contributed by atoms with van der Waals surface area (Å²) in [6.45, 7) is 0. The second-order valence-corrected chi connectivity index (χ2v) is 6.29. The number of amides is 1. The molecule has 4 aliphatic rings. The first kappa shape index (κ1) is 11.4. The molecule has 4 N–H and O–H groups in total. The molecule has 17 heavy (non-hydrogen) atoms. The number of carbonyl (C=O) groups excluding carboxylic acids is 1. The highest BCUT2D eigenvalue weighted by molar-refractivity contribution is 5.83. The van der Waals surface area contributed by atoms with Gasteiger partial charge in [0, 0.05) is 0 Å². The van der Waals surface area contributed by atoms with E-state index >= 15 is 0 Å². The molecule has 4 bridgehead atoms. The van der Waals surface area contributed by atoms with E-state index in [0.717, 1.165) is 19.3 Å². The minimum Gasteiger partial charge on any atom is -0.325 e. The summed E-state index contributed by atoms with van der Waals surface area (Å²) in [5.74, 6) is 1.43. The van der Waals surface area contributed by atoms with E-state index in [9.17, 15) is 4.79 Å². The molecular weight excluding hydrogens is 222 g/mol. The van der Waals surface area contributed by atoms with Crippen LogP contribution in [0.5, 0.6) is 0 Å². The van der Waals surface area contributed by atoms with Crippen molar-refractivity contribution in [1.82, 2.24) is 5.32 Å². The second-order valence-electron chi connectivity index (χ2n) is 6.29. The van der Waals surface area contributed by atoms with Crippen LogP contribution in [0, 0.1) is 23.2 Å². The predicted molar refractivity (Wildman–Crippen MR) is 58.1 cm³/mol. The topological polar surface area (TPSA) is 89.8 Å². The Labute approximate surface area is 99.8 Å². The number of carbonyl (C=O) groups is 1. The third kappa shape index (κ3) is 1.96. The average Bonchev–Trinajstić information content (AvgIpc) is 2.12. The van der Waals surface area contributed by atoms with Crippen LogP contribution in [0.15, 0.2) is 0 Å². The van der Waals surface area contributed by atoms with Gasteiger partial charge >= 0.3 is 6.10 Å². The van der Waals surface area contributed by atoms with Crippen molar-refractivity contribution in [2.24, 2.45) is 23.2 Å². The Morgan fingerprint density at radius 3 is 1.76 bits per heavy atom. The van der Waals surface area contributed by atoms with E-state index in [4.69, 9.17) is 15.3 Å². The predicted octanol–water partition coefficient (Wildman–Crippen LogP) is -0.0928. The van der Waals surface area contributed by atoms with Gasteiger partial charge in [-0.05, 0) is 56.3 Å². The fourth-order valence-corrected chi connectivity index (χ4v) is 4.67. The fraction of sp³-hybridized carbons (Fsp3) is 0.917. The van der Waals surface area contributed by atoms with Gasteiger partial charge < -0.3 is 15.3 Å². The van der Waals surface area contributed by atoms with Crippen molar-refractivity contribution >= 4 is 5.91 Å². The molecule has 0 spiro atoms. The van der Waals surface area contributed by atoms with Crippen LogP contribution < -0.4 is 5.32 Å². The van der Waals surface area contributed by atoms with Crippen molar-refractivity contribution in [3.63, 3.8) is 0 Å². The van der Waals surface area contributed by atoms with Crippen LogP contribution in [0.25, 0.3) is 0 Å². The number of rotatable bonds is 2. The van der Waals surface area contributed by atoms with Gasteiger partial charge in [0.25, 0.3) is 0 Å². The standard InChI is InChI=1S/C12H19NO4/c14-10(13-12(15,16)17)11-4-7-1-8(5-11)3-9(2-7)6-11/h7-9,15-17H,1-6H2,(H,13,14). The summed E-state index contributed by atoms with van der Waals surface area (Å²) < 4.78 is 0. The summed E-state index contributed by atoms with van der Waals surface area (Å²) in [6, 6.07) is 0. The summed E-state index contributed by atoms with van der Waals surface area (Å²) in [6.07, 6.45) is 3.07. The molecule has 96 valence electrons. The van der Waals surface area contributed by atoms with Gasteiger partial charge in [-0.1, -0.05) is 0 Å². The lowest BCUT2D eigenvalue weighted by Gasteiger charge is -2.55. The Morgan fingerprint density at radius 1 is 1.00 bits per heavy atom. The Hall–Kier alpha value is -0.650. The number of hydrogen-bond donors (Lipinski definition) is 4. The zero-order valence-corrected chi connectivity index (χ0v) is 9.72. The lowest BCUT2D eigenvalue weighted by Crippen LogP contribution is -2.59. The SMILES string of the molecule is O=C(NC(O)(O)O)C12CC3CC(CC(C3)C1)C2. The van der Waals surface area contributed by atoms with Crippen molar-refractivity contribution < 1.29 is 20.1 Å². The largest absolute Gasteiger partial charge is 0.369 e. The maximum absolute atomic E-state index is 12.1. The first-order chi connectivity index (χ1) is 7.86. The average molecular weight is 241 g/mol. The van der Waals surface area contributed by atoms with Crippen molar-refractivity contribution in [3.8, 4) is 0 Å². The molecule has 5 heteroatoms. The molecular formula is C12H19NO4. The normalized spacial score (nSPS) is 43.8. The van der Waals surface area contributed by atoms with Crippen molar-refractivity contribution in [2.75, 3.05) is 0 Å². The molecule has 0 unspecified atom stereocenters. The first-order valence-electron chi connectivity index (χ1n) is 6.36. The van der Waals surface area contributed by atoms with Gasteiger partial charge in [0.15, 0.2) is 0 Å². The van der Waals surface area contributed by atoms with Crippen LogP contribution in [0.4, 0.5) is 0 Å². The van der Waals surface area contributed by atoms with E-state index in [-0.39, 0.29) is 0 Å². The molecule has 0 atom stereocenters. The van der Waals surface area contributed by atoms with Gasteiger partial charge in [0.05, 0.1) is 5.41 Å². The van der Waals surface area contributed by atoms with Crippen LogP contribution in [-0.2, 0) is 4.79 Å². The minimum atomic E-state index is -3.08.